The topological polar surface area (TPSA) is 90.9 Å². The van der Waals surface area contributed by atoms with E-state index >= 15 is 0 Å². The minimum Gasteiger partial charge on any atom is -0.281 e. The van der Waals surface area contributed by atoms with E-state index in [-0.39, 0.29) is 19.8 Å². The molecule has 26 heavy (non-hydrogen) atoms. The second kappa shape index (κ2) is 17.0. The Bertz CT molecular complexity index is 343. The minimum atomic E-state index is -4.03. The molecule has 0 radical (unpaired) electrons. The molecule has 10 heteroatoms. The van der Waals surface area contributed by atoms with Crippen LogP contribution in [0.5, 0.6) is 0 Å². The first-order valence-electron chi connectivity index (χ1n) is 9.64. The van der Waals surface area contributed by atoms with Gasteiger partial charge >= 0.3 is 7.82 Å². The molecule has 156 valence electrons. The van der Waals surface area contributed by atoms with Crippen LogP contribution in [0.2, 0.25) is 0 Å². The highest BCUT2D eigenvalue weighted by molar-refractivity contribution is 7.48. The summed E-state index contributed by atoms with van der Waals surface area (Å²) in [5, 5.41) is 12.0. The van der Waals surface area contributed by atoms with Gasteiger partial charge in [-0.3, -0.25) is 4.52 Å². The number of rotatable bonds is 15. The lowest BCUT2D eigenvalue weighted by atomic mass is 10.1. The molecule has 1 aliphatic heterocycles. The average Bonchev–Trinajstić information content (AvgIpc) is 2.74. The zero-order chi connectivity index (χ0) is 18.8. The number of hydrogen-bond acceptors (Lipinski definition) is 9. The Labute approximate surface area is 155 Å². The lowest BCUT2D eigenvalue weighted by Crippen LogP contribution is -2.04. The van der Waals surface area contributed by atoms with E-state index in [2.05, 4.69) is 36.3 Å². The van der Waals surface area contributed by atoms with E-state index in [0.717, 1.165) is 19.3 Å². The summed E-state index contributed by atoms with van der Waals surface area (Å²) in [4.78, 5) is 9.28. The van der Waals surface area contributed by atoms with Crippen molar-refractivity contribution in [2.24, 2.45) is 0 Å². The van der Waals surface area contributed by atoms with Crippen molar-refractivity contribution >= 4 is 7.82 Å². The Balaban J connectivity index is 1.87. The van der Waals surface area contributed by atoms with Gasteiger partial charge in [-0.05, 0) is 21.5 Å². The quantitative estimate of drug-likeness (QED) is 0.152. The van der Waals surface area contributed by atoms with Crippen LogP contribution >= 0.6 is 7.82 Å². The number of hydrogen-bond donors (Lipinski definition) is 0. The Morgan fingerprint density at radius 2 is 1.38 bits per heavy atom. The van der Waals surface area contributed by atoms with Gasteiger partial charge in [0.1, 0.15) is 6.61 Å². The fourth-order valence-corrected chi connectivity index (χ4v) is 3.17. The molecular formula is C16H33O9P. The predicted octanol–water partition coefficient (Wildman–Crippen LogP) is 5.52. The van der Waals surface area contributed by atoms with E-state index in [4.69, 9.17) is 9.41 Å². The molecular weight excluding hydrogens is 367 g/mol. The first kappa shape index (κ1) is 23.9. The highest BCUT2D eigenvalue weighted by atomic mass is 31.2. The molecule has 1 aliphatic rings. The summed E-state index contributed by atoms with van der Waals surface area (Å²) in [5.74, 6) is 0. The molecule has 9 nitrogen and oxygen atoms in total. The maximum atomic E-state index is 12.0. The highest BCUT2D eigenvalue weighted by Crippen LogP contribution is 2.50. The van der Waals surface area contributed by atoms with E-state index in [9.17, 15) is 4.57 Å². The monoisotopic (exact) mass is 400 g/mol. The molecule has 0 saturated carbocycles. The van der Waals surface area contributed by atoms with Gasteiger partial charge in [0.2, 0.25) is 0 Å². The molecule has 1 saturated heterocycles. The summed E-state index contributed by atoms with van der Waals surface area (Å²) in [6.45, 7) is 2.37. The Morgan fingerprint density at radius 1 is 0.769 bits per heavy atom. The number of unbranched alkanes of at least 4 members (excludes halogenated alkanes) is 11. The highest BCUT2D eigenvalue weighted by Gasteiger charge is 2.32. The zero-order valence-electron chi connectivity index (χ0n) is 15.7. The van der Waals surface area contributed by atoms with Crippen LogP contribution in [-0.4, -0.2) is 19.8 Å². The van der Waals surface area contributed by atoms with Gasteiger partial charge in [-0.15, -0.1) is 4.67 Å². The second-order valence-electron chi connectivity index (χ2n) is 6.17. The van der Waals surface area contributed by atoms with Crippen LogP contribution in [0.1, 0.15) is 84.0 Å². The van der Waals surface area contributed by atoms with Crippen LogP contribution in [0.3, 0.4) is 0 Å². The summed E-state index contributed by atoms with van der Waals surface area (Å²) < 4.78 is 25.8. The smallest absolute Gasteiger partial charge is 0.281 e. The number of phosphoric acid groups is 1. The molecule has 0 aliphatic carbocycles. The van der Waals surface area contributed by atoms with Crippen LogP contribution in [-0.2, 0) is 43.3 Å². The zero-order valence-corrected chi connectivity index (χ0v) is 16.6. The maximum absolute atomic E-state index is 12.0. The van der Waals surface area contributed by atoms with Crippen LogP contribution in [0.25, 0.3) is 0 Å². The van der Waals surface area contributed by atoms with Crippen molar-refractivity contribution < 1.29 is 43.3 Å². The summed E-state index contributed by atoms with van der Waals surface area (Å²) in [6, 6.07) is 0. The molecule has 1 fully saturated rings. The van der Waals surface area contributed by atoms with Gasteiger partial charge in [0.25, 0.3) is 0 Å². The standard InChI is InChI=1S/C16H33O9P/c1-2-3-4-5-6-7-8-9-10-11-12-13-14-19-24-26(17)20-16-15-18-21-22-23-25-26/h2-16H2,1H3. The van der Waals surface area contributed by atoms with Crippen molar-refractivity contribution in [3.63, 3.8) is 0 Å². The fraction of sp³-hybridized carbons (Fsp3) is 1.00. The van der Waals surface area contributed by atoms with Crippen molar-refractivity contribution in [2.75, 3.05) is 19.8 Å². The van der Waals surface area contributed by atoms with Gasteiger partial charge in [-0.1, -0.05) is 82.2 Å². The van der Waals surface area contributed by atoms with Gasteiger partial charge < -0.3 is 0 Å². The van der Waals surface area contributed by atoms with Gasteiger partial charge in [-0.25, -0.2) is 14.3 Å². The molecule has 0 aromatic heterocycles. The Kier molecular flexibility index (Phi) is 15.7. The molecule has 0 aromatic rings. The van der Waals surface area contributed by atoms with E-state index < -0.39 is 7.82 Å². The van der Waals surface area contributed by atoms with Crippen molar-refractivity contribution in [3.05, 3.63) is 0 Å². The largest absolute Gasteiger partial charge is 0.531 e. The summed E-state index contributed by atoms with van der Waals surface area (Å²) in [7, 11) is -4.03. The first-order valence-corrected chi connectivity index (χ1v) is 11.1. The molecule has 1 rings (SSSR count). The van der Waals surface area contributed by atoms with E-state index in [1.54, 1.807) is 0 Å². The van der Waals surface area contributed by atoms with E-state index in [0.29, 0.717) is 0 Å². The van der Waals surface area contributed by atoms with Crippen molar-refractivity contribution in [1.82, 2.24) is 0 Å². The van der Waals surface area contributed by atoms with Gasteiger partial charge in [0.05, 0.1) is 13.2 Å². The molecule has 0 amide bonds. The molecule has 0 aromatic carbocycles. The molecule has 0 spiro atoms. The normalized spacial score (nSPS) is 21.9. The van der Waals surface area contributed by atoms with Crippen molar-refractivity contribution in [2.45, 2.75) is 84.0 Å². The minimum absolute atomic E-state index is 0.0428. The van der Waals surface area contributed by atoms with E-state index in [1.165, 1.54) is 57.8 Å². The average molecular weight is 400 g/mol. The first-order chi connectivity index (χ1) is 12.8. The molecule has 1 unspecified atom stereocenters. The van der Waals surface area contributed by atoms with Crippen molar-refractivity contribution in [3.8, 4) is 0 Å². The fourth-order valence-electron chi connectivity index (χ4n) is 2.46. The Morgan fingerprint density at radius 3 is 2.04 bits per heavy atom. The lowest BCUT2D eigenvalue weighted by molar-refractivity contribution is -0.692. The van der Waals surface area contributed by atoms with Crippen LogP contribution in [0.15, 0.2) is 0 Å². The maximum Gasteiger partial charge on any atom is 0.531 e. The van der Waals surface area contributed by atoms with Gasteiger partial charge in [0, 0.05) is 0 Å². The molecule has 0 N–H and O–H groups in total. The summed E-state index contributed by atoms with van der Waals surface area (Å²) in [6.07, 6.45) is 14.9. The third-order valence-electron chi connectivity index (χ3n) is 3.87. The summed E-state index contributed by atoms with van der Waals surface area (Å²) in [5.41, 5.74) is 0. The molecule has 1 atom stereocenters. The SMILES string of the molecule is CCCCCCCCCCCCCCOOP1(=O)OCCOOOOO1. The van der Waals surface area contributed by atoms with Crippen molar-refractivity contribution in [1.29, 1.82) is 0 Å². The summed E-state index contributed by atoms with van der Waals surface area (Å²) >= 11 is 0. The predicted molar refractivity (Wildman–Crippen MR) is 92.0 cm³/mol. The molecule has 0 bridgehead atoms. The second-order valence-corrected chi connectivity index (χ2v) is 7.62. The van der Waals surface area contributed by atoms with Crippen LogP contribution in [0, 0.1) is 0 Å². The van der Waals surface area contributed by atoms with Gasteiger partial charge in [0.15, 0.2) is 0 Å². The van der Waals surface area contributed by atoms with Gasteiger partial charge in [-0.2, -0.15) is 0 Å². The Hall–Kier alpha value is -0.0900. The lowest BCUT2D eigenvalue weighted by Gasteiger charge is -2.12. The molecule has 1 heterocycles. The van der Waals surface area contributed by atoms with E-state index in [1.807, 2.05) is 0 Å². The van der Waals surface area contributed by atoms with Crippen LogP contribution < -0.4 is 0 Å². The third-order valence-corrected chi connectivity index (χ3v) is 4.90. The third kappa shape index (κ3) is 14.0. The van der Waals surface area contributed by atoms with Crippen LogP contribution in [0.4, 0.5) is 0 Å².